The minimum absolute atomic E-state index is 0.212. The number of halogens is 1. The van der Waals surface area contributed by atoms with Gasteiger partial charge in [-0.15, -0.1) is 0 Å². The van der Waals surface area contributed by atoms with Crippen molar-refractivity contribution in [1.29, 1.82) is 0 Å². The first-order valence-electron chi connectivity index (χ1n) is 9.38. The molecule has 2 aromatic rings. The van der Waals surface area contributed by atoms with E-state index in [1.807, 2.05) is 0 Å². The van der Waals surface area contributed by atoms with Crippen LogP contribution < -0.4 is 4.74 Å². The van der Waals surface area contributed by atoms with Gasteiger partial charge in [0.25, 0.3) is 0 Å². The van der Waals surface area contributed by atoms with Crippen LogP contribution in [0.15, 0.2) is 42.5 Å². The highest BCUT2D eigenvalue weighted by Crippen LogP contribution is 2.26. The van der Waals surface area contributed by atoms with Crippen LogP contribution in [0.25, 0.3) is 11.1 Å². The van der Waals surface area contributed by atoms with Crippen molar-refractivity contribution in [2.24, 2.45) is 0 Å². The molecule has 0 saturated heterocycles. The van der Waals surface area contributed by atoms with Crippen LogP contribution in [0, 0.1) is 5.82 Å². The summed E-state index contributed by atoms with van der Waals surface area (Å²) in [6, 6.07) is 11.2. The van der Waals surface area contributed by atoms with Crippen molar-refractivity contribution < 1.29 is 19.0 Å². The maximum Gasteiger partial charge on any atom is 0.335 e. The normalized spacial score (nSPS) is 10.7. The average molecular weight is 358 g/mol. The van der Waals surface area contributed by atoms with Crippen molar-refractivity contribution in [2.45, 2.75) is 51.9 Å². The van der Waals surface area contributed by atoms with E-state index in [1.165, 1.54) is 50.3 Å². The molecule has 1 N–H and O–H groups in total. The molecule has 0 aliphatic heterocycles. The highest BCUT2D eigenvalue weighted by Gasteiger charge is 2.08. The predicted molar refractivity (Wildman–Crippen MR) is 102 cm³/mol. The summed E-state index contributed by atoms with van der Waals surface area (Å²) in [5, 5.41) is 8.92. The van der Waals surface area contributed by atoms with Crippen LogP contribution in [0.2, 0.25) is 0 Å². The molecule has 0 fully saturated rings. The Morgan fingerprint density at radius 1 is 0.923 bits per heavy atom. The van der Waals surface area contributed by atoms with Crippen molar-refractivity contribution in [1.82, 2.24) is 0 Å². The molecule has 0 unspecified atom stereocenters. The van der Waals surface area contributed by atoms with Crippen LogP contribution in [0.3, 0.4) is 0 Å². The van der Waals surface area contributed by atoms with Crippen molar-refractivity contribution >= 4 is 5.97 Å². The molecule has 3 nitrogen and oxygen atoms in total. The molecule has 0 aliphatic rings. The molecular weight excluding hydrogens is 331 g/mol. The predicted octanol–water partition coefficient (Wildman–Crippen LogP) is 6.32. The fourth-order valence-corrected chi connectivity index (χ4v) is 2.84. The molecular formula is C22H27FO3. The molecule has 0 radical (unpaired) electrons. The van der Waals surface area contributed by atoms with E-state index >= 15 is 0 Å². The minimum atomic E-state index is -0.975. The molecule has 0 aromatic heterocycles. The van der Waals surface area contributed by atoms with Gasteiger partial charge >= 0.3 is 5.97 Å². The van der Waals surface area contributed by atoms with E-state index in [9.17, 15) is 9.18 Å². The summed E-state index contributed by atoms with van der Waals surface area (Å²) in [5.74, 6) is -1.11. The number of hydrogen-bond donors (Lipinski definition) is 1. The number of hydrogen-bond acceptors (Lipinski definition) is 2. The number of benzene rings is 2. The van der Waals surface area contributed by atoms with Crippen molar-refractivity contribution in [3.05, 3.63) is 53.8 Å². The van der Waals surface area contributed by atoms with Crippen LogP contribution in [0.1, 0.15) is 62.2 Å². The first-order valence-corrected chi connectivity index (χ1v) is 9.38. The smallest absolute Gasteiger partial charge is 0.335 e. The van der Waals surface area contributed by atoms with Gasteiger partial charge in [-0.25, -0.2) is 9.18 Å². The van der Waals surface area contributed by atoms with Gasteiger partial charge in [0, 0.05) is 0 Å². The molecule has 0 saturated carbocycles. The number of rotatable bonds is 11. The van der Waals surface area contributed by atoms with Gasteiger partial charge in [0.05, 0.1) is 12.2 Å². The summed E-state index contributed by atoms with van der Waals surface area (Å²) < 4.78 is 19.8. The van der Waals surface area contributed by atoms with E-state index in [0.29, 0.717) is 12.2 Å². The Hall–Kier alpha value is -2.36. The van der Waals surface area contributed by atoms with E-state index in [1.54, 1.807) is 24.3 Å². The Labute approximate surface area is 154 Å². The van der Waals surface area contributed by atoms with Gasteiger partial charge in [-0.2, -0.15) is 0 Å². The number of unbranched alkanes of at least 4 members (excludes halogenated alkanes) is 6. The second kappa shape index (κ2) is 10.6. The van der Waals surface area contributed by atoms with Crippen molar-refractivity contribution in [3.8, 4) is 16.9 Å². The standard InChI is InChI=1S/C22H27FO3/c1-2-3-4-5-6-7-8-15-26-21-14-13-19(16-20(21)23)17-9-11-18(12-10-17)22(24)25/h9-14,16H,2-8,15H2,1H3,(H,24,25). The molecule has 26 heavy (non-hydrogen) atoms. The van der Waals surface area contributed by atoms with Gasteiger partial charge in [0.1, 0.15) is 0 Å². The van der Waals surface area contributed by atoms with Crippen LogP contribution in [-0.4, -0.2) is 17.7 Å². The number of ether oxygens (including phenoxy) is 1. The Morgan fingerprint density at radius 3 is 2.15 bits per heavy atom. The van der Waals surface area contributed by atoms with Crippen LogP contribution in [0.4, 0.5) is 4.39 Å². The van der Waals surface area contributed by atoms with E-state index in [2.05, 4.69) is 6.92 Å². The molecule has 140 valence electrons. The third-order valence-corrected chi connectivity index (χ3v) is 4.40. The Bertz CT molecular complexity index is 695. The Kier molecular flexibility index (Phi) is 8.13. The number of carbonyl (C=O) groups is 1. The summed E-state index contributed by atoms with van der Waals surface area (Å²) in [7, 11) is 0. The second-order valence-electron chi connectivity index (χ2n) is 6.50. The lowest BCUT2D eigenvalue weighted by molar-refractivity contribution is 0.0697. The molecule has 4 heteroatoms. The molecule has 0 bridgehead atoms. The van der Waals surface area contributed by atoms with E-state index in [-0.39, 0.29) is 11.3 Å². The zero-order valence-corrected chi connectivity index (χ0v) is 15.3. The zero-order valence-electron chi connectivity index (χ0n) is 15.3. The van der Waals surface area contributed by atoms with Gasteiger partial charge in [0.2, 0.25) is 0 Å². The molecule has 2 aromatic carbocycles. The zero-order chi connectivity index (χ0) is 18.8. The lowest BCUT2D eigenvalue weighted by Gasteiger charge is -2.09. The Morgan fingerprint density at radius 2 is 1.54 bits per heavy atom. The fourth-order valence-electron chi connectivity index (χ4n) is 2.84. The lowest BCUT2D eigenvalue weighted by Crippen LogP contribution is -1.99. The molecule has 0 amide bonds. The first kappa shape index (κ1) is 20.0. The molecule has 0 atom stereocenters. The minimum Gasteiger partial charge on any atom is -0.491 e. The average Bonchev–Trinajstić information content (AvgIpc) is 2.65. The number of carboxylic acids is 1. The summed E-state index contributed by atoms with van der Waals surface area (Å²) in [4.78, 5) is 10.9. The van der Waals surface area contributed by atoms with Crippen LogP contribution in [0.5, 0.6) is 5.75 Å². The summed E-state index contributed by atoms with van der Waals surface area (Å²) in [6.07, 6.45) is 8.36. The molecule has 0 aliphatic carbocycles. The van der Waals surface area contributed by atoms with E-state index in [0.717, 1.165) is 18.4 Å². The number of aromatic carboxylic acids is 1. The third-order valence-electron chi connectivity index (χ3n) is 4.40. The summed E-state index contributed by atoms with van der Waals surface area (Å²) in [5.41, 5.74) is 1.68. The highest BCUT2D eigenvalue weighted by atomic mass is 19.1. The van der Waals surface area contributed by atoms with Crippen molar-refractivity contribution in [2.75, 3.05) is 6.61 Å². The largest absolute Gasteiger partial charge is 0.491 e. The first-order chi connectivity index (χ1) is 12.6. The molecule has 2 rings (SSSR count). The highest BCUT2D eigenvalue weighted by molar-refractivity contribution is 5.88. The molecule has 0 heterocycles. The fraction of sp³-hybridized carbons (Fsp3) is 0.409. The monoisotopic (exact) mass is 358 g/mol. The van der Waals surface area contributed by atoms with Gasteiger partial charge in [-0.3, -0.25) is 0 Å². The van der Waals surface area contributed by atoms with Crippen LogP contribution in [-0.2, 0) is 0 Å². The quantitative estimate of drug-likeness (QED) is 0.478. The second-order valence-corrected chi connectivity index (χ2v) is 6.50. The van der Waals surface area contributed by atoms with Crippen LogP contribution >= 0.6 is 0 Å². The van der Waals surface area contributed by atoms with E-state index < -0.39 is 11.8 Å². The molecule has 0 spiro atoms. The third kappa shape index (κ3) is 6.17. The van der Waals surface area contributed by atoms with Gasteiger partial charge in [0.15, 0.2) is 11.6 Å². The summed E-state index contributed by atoms with van der Waals surface area (Å²) in [6.45, 7) is 2.73. The van der Waals surface area contributed by atoms with Crippen molar-refractivity contribution in [3.63, 3.8) is 0 Å². The Balaban J connectivity index is 1.82. The van der Waals surface area contributed by atoms with E-state index in [4.69, 9.17) is 9.84 Å². The summed E-state index contributed by atoms with van der Waals surface area (Å²) >= 11 is 0. The van der Waals surface area contributed by atoms with Gasteiger partial charge in [-0.05, 0) is 41.8 Å². The maximum absolute atomic E-state index is 14.2. The number of carboxylic acid groups (broad SMARTS) is 1. The SMILES string of the molecule is CCCCCCCCCOc1ccc(-c2ccc(C(=O)O)cc2)cc1F. The lowest BCUT2D eigenvalue weighted by atomic mass is 10.0. The maximum atomic E-state index is 14.2. The topological polar surface area (TPSA) is 46.5 Å². The van der Waals surface area contributed by atoms with Gasteiger partial charge in [-0.1, -0.05) is 63.6 Å². The van der Waals surface area contributed by atoms with Gasteiger partial charge < -0.3 is 9.84 Å².